The summed E-state index contributed by atoms with van der Waals surface area (Å²) in [5, 5.41) is 3.05. The predicted molar refractivity (Wildman–Crippen MR) is 126 cm³/mol. The summed E-state index contributed by atoms with van der Waals surface area (Å²) in [4.78, 5) is 18.8. The van der Waals surface area contributed by atoms with E-state index in [0.29, 0.717) is 12.1 Å². The maximum Gasteiger partial charge on any atom is 0.264 e. The number of hydrogen-bond acceptors (Lipinski definition) is 10. The number of anilines is 2. The highest BCUT2D eigenvalue weighted by Gasteiger charge is 2.24. The van der Waals surface area contributed by atoms with Crippen molar-refractivity contribution in [2.45, 2.75) is 25.5 Å². The molecule has 2 atom stereocenters. The first kappa shape index (κ1) is 22.9. The van der Waals surface area contributed by atoms with E-state index in [1.54, 1.807) is 4.90 Å². The van der Waals surface area contributed by atoms with Gasteiger partial charge in [-0.15, -0.1) is 0 Å². The van der Waals surface area contributed by atoms with Gasteiger partial charge in [0.1, 0.15) is 11.6 Å². The highest BCUT2D eigenvalue weighted by molar-refractivity contribution is 7.86. The van der Waals surface area contributed by atoms with Crippen molar-refractivity contribution in [3.05, 3.63) is 48.9 Å². The van der Waals surface area contributed by atoms with E-state index in [1.165, 1.54) is 12.4 Å². The quantitative estimate of drug-likeness (QED) is 0.323. The normalized spacial score (nSPS) is 13.7. The molecular formula is C20H27N6O4PS. The van der Waals surface area contributed by atoms with Crippen molar-refractivity contribution in [2.24, 2.45) is 0 Å². The number of aromatic nitrogens is 4. The molecule has 0 radical (unpaired) electrons. The van der Waals surface area contributed by atoms with Gasteiger partial charge in [-0.1, -0.05) is 27.6 Å². The highest BCUT2D eigenvalue weighted by atomic mass is 32.2. The minimum absolute atomic E-state index is 0.0181. The lowest BCUT2D eigenvalue weighted by Crippen LogP contribution is -2.41. The Labute approximate surface area is 191 Å². The Kier molecular flexibility index (Phi) is 7.54. The van der Waals surface area contributed by atoms with Crippen LogP contribution in [-0.2, 0) is 19.0 Å². The van der Waals surface area contributed by atoms with E-state index in [0.717, 1.165) is 11.9 Å². The Bertz CT molecular complexity index is 1190. The fourth-order valence-electron chi connectivity index (χ4n) is 2.81. The average Bonchev–Trinajstić information content (AvgIpc) is 2.76. The summed E-state index contributed by atoms with van der Waals surface area (Å²) in [6, 6.07) is 9.26. The zero-order valence-electron chi connectivity index (χ0n) is 19.1. The lowest BCUT2D eigenvalue weighted by molar-refractivity contribution is 0.0350. The minimum atomic E-state index is -3.76. The van der Waals surface area contributed by atoms with Gasteiger partial charge in [0, 0.05) is 23.6 Å². The van der Waals surface area contributed by atoms with Gasteiger partial charge < -0.3 is 9.64 Å². The van der Waals surface area contributed by atoms with Gasteiger partial charge in [0.05, 0.1) is 33.6 Å². The Balaban J connectivity index is 1.93. The van der Waals surface area contributed by atoms with Crippen LogP contribution in [0.3, 0.4) is 0 Å². The van der Waals surface area contributed by atoms with Crippen LogP contribution in [0.5, 0.6) is 0 Å². The first-order chi connectivity index (χ1) is 15.6. The topological polar surface area (TPSA) is 119 Å². The third kappa shape index (κ3) is 7.11. The van der Waals surface area contributed by atoms with Crippen LogP contribution in [0.4, 0.5) is 11.6 Å². The largest absolute Gasteiger partial charge is 0.377 e. The van der Waals surface area contributed by atoms with Crippen LogP contribution in [0.1, 0.15) is 15.2 Å². The molecule has 3 rings (SSSR count). The van der Waals surface area contributed by atoms with Crippen LogP contribution >= 0.6 is 9.39 Å². The molecule has 0 spiro atoms. The molecular weight excluding hydrogens is 451 g/mol. The summed E-state index contributed by atoms with van der Waals surface area (Å²) < 4.78 is 42.7. The zero-order valence-corrected chi connectivity index (χ0v) is 20.1. The number of nitrogens with one attached hydrogen (secondary N) is 1. The van der Waals surface area contributed by atoms with Gasteiger partial charge in [-0.2, -0.15) is 13.4 Å². The van der Waals surface area contributed by atoms with Crippen molar-refractivity contribution >= 4 is 42.3 Å². The first-order valence-electron chi connectivity index (χ1n) is 10.3. The van der Waals surface area contributed by atoms with E-state index >= 15 is 0 Å². The predicted octanol–water partition coefficient (Wildman–Crippen LogP) is 2.08. The SMILES string of the molecule is [2H]c1cnc2cnc(N(CC(COCC(C)(C)NP)OS(C)(=O)=O)c3ccccc3)nc2n1. The van der Waals surface area contributed by atoms with Crippen molar-refractivity contribution in [3.8, 4) is 0 Å². The molecule has 32 heavy (non-hydrogen) atoms. The first-order valence-corrected chi connectivity index (χ1v) is 12.2. The van der Waals surface area contributed by atoms with Crippen LogP contribution < -0.4 is 9.99 Å². The Morgan fingerprint density at radius 1 is 1.25 bits per heavy atom. The number of nitrogens with zero attached hydrogens (tertiary/aromatic N) is 5. The van der Waals surface area contributed by atoms with Crippen LogP contribution in [0, 0.1) is 0 Å². The summed E-state index contributed by atoms with van der Waals surface area (Å²) in [5.41, 5.74) is 1.11. The molecule has 12 heteroatoms. The Hall–Kier alpha value is -2.30. The maximum atomic E-state index is 11.9. The summed E-state index contributed by atoms with van der Waals surface area (Å²) in [5.74, 6) is 0.266. The van der Waals surface area contributed by atoms with E-state index < -0.39 is 16.2 Å². The molecule has 0 amide bonds. The van der Waals surface area contributed by atoms with Gasteiger partial charge in [0.2, 0.25) is 5.95 Å². The van der Waals surface area contributed by atoms with E-state index in [1.807, 2.05) is 44.2 Å². The van der Waals surface area contributed by atoms with Crippen LogP contribution in [-0.4, -0.2) is 66.0 Å². The third-order valence-corrected chi connectivity index (χ3v) is 5.74. The van der Waals surface area contributed by atoms with Crippen molar-refractivity contribution in [1.29, 1.82) is 0 Å². The fourth-order valence-corrected chi connectivity index (χ4v) is 3.50. The van der Waals surface area contributed by atoms with E-state index in [4.69, 9.17) is 10.3 Å². The number of rotatable bonds is 11. The zero-order chi connectivity index (χ0) is 24.1. The molecule has 0 saturated carbocycles. The van der Waals surface area contributed by atoms with E-state index in [-0.39, 0.29) is 36.5 Å². The van der Waals surface area contributed by atoms with Gasteiger partial charge in [-0.05, 0) is 26.0 Å². The van der Waals surface area contributed by atoms with E-state index in [2.05, 4.69) is 34.4 Å². The van der Waals surface area contributed by atoms with E-state index in [9.17, 15) is 8.42 Å². The molecule has 0 saturated heterocycles. The third-order valence-electron chi connectivity index (χ3n) is 4.33. The molecule has 0 aliphatic rings. The van der Waals surface area contributed by atoms with Crippen LogP contribution in [0.2, 0.25) is 0 Å². The summed E-state index contributed by atoms with van der Waals surface area (Å²) in [6.07, 6.45) is 2.97. The summed E-state index contributed by atoms with van der Waals surface area (Å²) >= 11 is 0. The standard InChI is InChI=1S/C20H27N6O4PS/c1-20(2,25-31)14-29-13-16(30-32(3,27)28)12-26(15-7-5-4-6-8-15)19-23-11-17-18(24-19)22-10-9-21-17/h4-11,16,25H,12-14,31H2,1-3H3/i10D. The van der Waals surface area contributed by atoms with Gasteiger partial charge in [-0.3, -0.25) is 9.27 Å². The second-order valence-corrected chi connectivity index (χ2v) is 9.68. The molecule has 1 N–H and O–H groups in total. The second-order valence-electron chi connectivity index (χ2n) is 7.79. The summed E-state index contributed by atoms with van der Waals surface area (Å²) in [6.45, 7) is 4.35. The molecule has 2 unspecified atom stereocenters. The van der Waals surface area contributed by atoms with Crippen LogP contribution in [0.25, 0.3) is 11.2 Å². The smallest absolute Gasteiger partial charge is 0.264 e. The van der Waals surface area contributed by atoms with Gasteiger partial charge >= 0.3 is 0 Å². The van der Waals surface area contributed by atoms with Gasteiger partial charge in [-0.25, -0.2) is 15.0 Å². The molecule has 0 aliphatic carbocycles. The van der Waals surface area contributed by atoms with Crippen molar-refractivity contribution in [1.82, 2.24) is 25.0 Å². The number of para-hydroxylation sites is 1. The average molecular weight is 480 g/mol. The molecule has 0 fully saturated rings. The number of fused-ring (bicyclic) bond motifs is 1. The monoisotopic (exact) mass is 479 g/mol. The van der Waals surface area contributed by atoms with Crippen LogP contribution in [0.15, 0.2) is 48.9 Å². The molecule has 172 valence electrons. The minimum Gasteiger partial charge on any atom is -0.377 e. The molecule has 1 aromatic carbocycles. The van der Waals surface area contributed by atoms with Crippen molar-refractivity contribution < 1.29 is 18.7 Å². The van der Waals surface area contributed by atoms with Crippen molar-refractivity contribution in [2.75, 3.05) is 30.9 Å². The molecule has 2 aromatic heterocycles. The molecule has 3 aromatic rings. The van der Waals surface area contributed by atoms with Gasteiger partial charge in [0.25, 0.3) is 10.1 Å². The maximum absolute atomic E-state index is 11.9. The van der Waals surface area contributed by atoms with Crippen molar-refractivity contribution in [3.63, 3.8) is 0 Å². The second kappa shape index (κ2) is 10.5. The number of ether oxygens (including phenoxy) is 1. The Morgan fingerprint density at radius 3 is 2.69 bits per heavy atom. The van der Waals surface area contributed by atoms with Gasteiger partial charge in [0.15, 0.2) is 5.65 Å². The highest BCUT2D eigenvalue weighted by Crippen LogP contribution is 2.24. The Morgan fingerprint density at radius 2 is 2.00 bits per heavy atom. The lowest BCUT2D eigenvalue weighted by Gasteiger charge is -2.29. The molecule has 0 aliphatic heterocycles. The number of benzene rings is 1. The molecule has 10 nitrogen and oxygen atoms in total. The number of hydrogen-bond donors (Lipinski definition) is 1. The summed E-state index contributed by atoms with van der Waals surface area (Å²) in [7, 11) is -1.32. The lowest BCUT2D eigenvalue weighted by atomic mass is 10.1. The fraction of sp³-hybridized carbons (Fsp3) is 0.400. The molecule has 2 heterocycles. The molecule has 0 bridgehead atoms.